The Morgan fingerprint density at radius 3 is 1.75 bits per heavy atom. The Bertz CT molecular complexity index is 51.5. The Morgan fingerprint density at radius 2 is 1.75 bits per heavy atom. The van der Waals surface area contributed by atoms with Crippen LogP contribution in [0.3, 0.4) is 0 Å². The summed E-state index contributed by atoms with van der Waals surface area (Å²) in [7, 11) is 0. The Morgan fingerprint density at radius 1 is 1.50 bits per heavy atom. The van der Waals surface area contributed by atoms with Gasteiger partial charge in [0.2, 0.25) is 0 Å². The maximum absolute atomic E-state index is 8.57. The van der Waals surface area contributed by atoms with Crippen molar-refractivity contribution >= 4 is 5.94 Å². The molecule has 0 aromatic carbocycles. The molecule has 0 N–H and O–H groups in total. The largest absolute Gasteiger partial charge is 0.382 e. The van der Waals surface area contributed by atoms with E-state index in [4.69, 9.17) is 9.53 Å². The van der Waals surface area contributed by atoms with Crippen molar-refractivity contribution in [2.24, 2.45) is 0 Å². The molecular weight excluding hydrogens is 104 g/mol. The van der Waals surface area contributed by atoms with E-state index in [-0.39, 0.29) is 0 Å². The van der Waals surface area contributed by atoms with Gasteiger partial charge in [-0.25, -0.2) is 4.79 Å². The molecule has 0 heterocycles. The van der Waals surface area contributed by atoms with Gasteiger partial charge in [-0.2, -0.15) is 0 Å². The van der Waals surface area contributed by atoms with Crippen LogP contribution in [-0.4, -0.2) is 19.2 Å². The van der Waals surface area contributed by atoms with Crippen molar-refractivity contribution in [3.63, 3.8) is 0 Å². The van der Waals surface area contributed by atoms with E-state index >= 15 is 0 Å². The predicted octanol–water partition coefficient (Wildman–Crippen LogP) is 1.05. The monoisotopic (exact) mass is 116 g/mol. The average molecular weight is 116 g/mol. The first-order valence-corrected chi connectivity index (χ1v) is 2.55. The summed E-state index contributed by atoms with van der Waals surface area (Å²) in [6.45, 7) is 8.35. The van der Waals surface area contributed by atoms with Crippen LogP contribution >= 0.6 is 0 Å². The number of rotatable bonds is 2. The molecule has 0 bridgehead atoms. The van der Waals surface area contributed by atoms with Gasteiger partial charge in [-0.05, 0) is 20.4 Å². The topological polar surface area (TPSA) is 26.3 Å². The highest BCUT2D eigenvalue weighted by Crippen LogP contribution is 1.64. The van der Waals surface area contributed by atoms with Crippen LogP contribution in [0.5, 0.6) is 0 Å². The predicted molar refractivity (Wildman–Crippen MR) is 33.5 cm³/mol. The maximum Gasteiger partial charge on any atom is 0.116 e. The van der Waals surface area contributed by atoms with E-state index < -0.39 is 0 Å². The van der Waals surface area contributed by atoms with Crippen LogP contribution < -0.4 is 0 Å². The summed E-state index contributed by atoms with van der Waals surface area (Å²) >= 11 is 0. The summed E-state index contributed by atoms with van der Waals surface area (Å²) in [4.78, 5) is 8.57. The van der Waals surface area contributed by atoms with Crippen LogP contribution in [0.4, 0.5) is 0 Å². The molecular formula is C6H12O2. The van der Waals surface area contributed by atoms with Gasteiger partial charge >= 0.3 is 0 Å². The fraction of sp³-hybridized carbons (Fsp3) is 0.667. The molecule has 8 heavy (non-hydrogen) atoms. The minimum Gasteiger partial charge on any atom is -0.382 e. The van der Waals surface area contributed by atoms with Gasteiger partial charge in [0, 0.05) is 13.2 Å². The summed E-state index contributed by atoms with van der Waals surface area (Å²) in [5.74, 6) is 1.25. The highest BCUT2D eigenvalue weighted by atomic mass is 16.5. The van der Waals surface area contributed by atoms with E-state index in [0.29, 0.717) is 0 Å². The van der Waals surface area contributed by atoms with Gasteiger partial charge in [0.1, 0.15) is 5.94 Å². The summed E-state index contributed by atoms with van der Waals surface area (Å²) in [6, 6.07) is 0. The Balaban J connectivity index is 0. The molecule has 0 fully saturated rings. The third-order valence-electron chi connectivity index (χ3n) is 0.408. The number of hydrogen-bond acceptors (Lipinski definition) is 2. The van der Waals surface area contributed by atoms with Gasteiger partial charge in [0.25, 0.3) is 0 Å². The second kappa shape index (κ2) is 16.1. The van der Waals surface area contributed by atoms with Crippen LogP contribution in [0.1, 0.15) is 13.8 Å². The number of hydrogen-bond donors (Lipinski definition) is 0. The zero-order valence-electron chi connectivity index (χ0n) is 5.44. The molecule has 0 aliphatic heterocycles. The zero-order chi connectivity index (χ0) is 6.83. The molecule has 0 saturated carbocycles. The lowest BCUT2D eigenvalue weighted by molar-refractivity contribution is 0.162. The van der Waals surface area contributed by atoms with E-state index in [1.54, 1.807) is 0 Å². The normalized spacial score (nSPS) is 6.25. The fourth-order valence-corrected chi connectivity index (χ4v) is 0.204. The molecule has 0 atom stereocenters. The molecule has 0 aliphatic carbocycles. The van der Waals surface area contributed by atoms with Crippen molar-refractivity contribution in [1.82, 2.24) is 0 Å². The van der Waals surface area contributed by atoms with E-state index in [0.717, 1.165) is 13.2 Å². The van der Waals surface area contributed by atoms with Gasteiger partial charge in [0.05, 0.1) is 0 Å². The summed E-state index contributed by atoms with van der Waals surface area (Å²) in [6.07, 6.45) is 0. The first-order valence-electron chi connectivity index (χ1n) is 2.55. The van der Waals surface area contributed by atoms with Crippen molar-refractivity contribution in [3.8, 4) is 0 Å². The lowest BCUT2D eigenvalue weighted by Crippen LogP contribution is -1.84. The third kappa shape index (κ3) is 52.9. The summed E-state index contributed by atoms with van der Waals surface area (Å²) < 4.78 is 4.83. The van der Waals surface area contributed by atoms with E-state index in [1.807, 2.05) is 13.8 Å². The number of carbonyl (C=O) groups excluding carboxylic acids is 1. The molecule has 0 amide bonds. The minimum atomic E-state index is 0.844. The van der Waals surface area contributed by atoms with Gasteiger partial charge in [0.15, 0.2) is 0 Å². The molecule has 48 valence electrons. The van der Waals surface area contributed by atoms with Crippen molar-refractivity contribution in [2.75, 3.05) is 13.2 Å². The van der Waals surface area contributed by atoms with Crippen LogP contribution in [-0.2, 0) is 9.53 Å². The van der Waals surface area contributed by atoms with Gasteiger partial charge in [-0.1, -0.05) is 0 Å². The second-order valence-electron chi connectivity index (χ2n) is 0.926. The maximum atomic E-state index is 8.57. The van der Waals surface area contributed by atoms with Crippen LogP contribution in [0.15, 0.2) is 6.58 Å². The lowest BCUT2D eigenvalue weighted by Gasteiger charge is -1.86. The van der Waals surface area contributed by atoms with Gasteiger partial charge < -0.3 is 4.74 Å². The summed E-state index contributed by atoms with van der Waals surface area (Å²) in [5, 5.41) is 0. The molecule has 0 unspecified atom stereocenters. The molecule has 0 aromatic heterocycles. The third-order valence-corrected chi connectivity index (χ3v) is 0.408. The molecule has 2 heteroatoms. The minimum absolute atomic E-state index is 0.844. The first-order chi connectivity index (χ1) is 3.83. The smallest absolute Gasteiger partial charge is 0.116 e. The summed E-state index contributed by atoms with van der Waals surface area (Å²) in [5.41, 5.74) is 0. The standard InChI is InChI=1S/C4H10O.C2H2O/c1-3-5-4-2;1-2-3/h3-4H2,1-2H3;1H2. The molecule has 0 saturated heterocycles. The average Bonchev–Trinajstić information content (AvgIpc) is 1.71. The highest BCUT2D eigenvalue weighted by Gasteiger charge is 1.64. The van der Waals surface area contributed by atoms with E-state index in [1.165, 1.54) is 5.94 Å². The number of ether oxygens (including phenoxy) is 1. The fourth-order valence-electron chi connectivity index (χ4n) is 0.204. The van der Waals surface area contributed by atoms with Crippen LogP contribution in [0.25, 0.3) is 0 Å². The van der Waals surface area contributed by atoms with Crippen LogP contribution in [0, 0.1) is 0 Å². The lowest BCUT2D eigenvalue weighted by atomic mass is 10.8. The Hall–Kier alpha value is -0.590. The molecule has 2 nitrogen and oxygen atoms in total. The zero-order valence-corrected chi connectivity index (χ0v) is 5.44. The van der Waals surface area contributed by atoms with Crippen LogP contribution in [0.2, 0.25) is 0 Å². The quantitative estimate of drug-likeness (QED) is 0.504. The SMILES string of the molecule is C=C=O.CCOCC. The van der Waals surface area contributed by atoms with E-state index in [9.17, 15) is 0 Å². The molecule has 0 aromatic rings. The molecule has 0 spiro atoms. The van der Waals surface area contributed by atoms with Crippen molar-refractivity contribution < 1.29 is 9.53 Å². The van der Waals surface area contributed by atoms with Crippen molar-refractivity contribution in [3.05, 3.63) is 6.58 Å². The van der Waals surface area contributed by atoms with E-state index in [2.05, 4.69) is 6.58 Å². The molecule has 0 aliphatic rings. The Labute approximate surface area is 50.2 Å². The Kier molecular flexibility index (Phi) is 21.0. The van der Waals surface area contributed by atoms with Crippen molar-refractivity contribution in [1.29, 1.82) is 0 Å². The van der Waals surface area contributed by atoms with Crippen molar-refractivity contribution in [2.45, 2.75) is 13.8 Å². The highest BCUT2D eigenvalue weighted by molar-refractivity contribution is 5.38. The molecule has 0 rings (SSSR count). The van der Waals surface area contributed by atoms with Gasteiger partial charge in [-0.3, -0.25) is 0 Å². The first kappa shape index (κ1) is 10.4. The molecule has 0 radical (unpaired) electrons. The van der Waals surface area contributed by atoms with Gasteiger partial charge in [-0.15, -0.1) is 0 Å². The second-order valence-corrected chi connectivity index (χ2v) is 0.926.